The van der Waals surface area contributed by atoms with Gasteiger partial charge in [0.25, 0.3) is 0 Å². The van der Waals surface area contributed by atoms with Gasteiger partial charge in [-0.3, -0.25) is 4.90 Å². The van der Waals surface area contributed by atoms with Gasteiger partial charge in [-0.25, -0.2) is 4.39 Å². The average Bonchev–Trinajstić information content (AvgIpc) is 2.42. The Morgan fingerprint density at radius 2 is 1.80 bits per heavy atom. The molecule has 0 heterocycles. The third-order valence-electron chi connectivity index (χ3n) is 3.23. The maximum Gasteiger partial charge on any atom is 0.123 e. The van der Waals surface area contributed by atoms with Crippen LogP contribution < -0.4 is 5.73 Å². The van der Waals surface area contributed by atoms with Crippen molar-refractivity contribution in [1.29, 1.82) is 0 Å². The highest BCUT2D eigenvalue weighted by Gasteiger charge is 2.11. The van der Waals surface area contributed by atoms with Crippen LogP contribution in [0.15, 0.2) is 48.5 Å². The summed E-state index contributed by atoms with van der Waals surface area (Å²) < 4.78 is 12.8. The number of anilines is 1. The number of aliphatic hydroxyl groups is 1. The molecule has 0 fully saturated rings. The van der Waals surface area contributed by atoms with Crippen molar-refractivity contribution >= 4 is 5.69 Å². The predicted molar refractivity (Wildman–Crippen MR) is 78.5 cm³/mol. The molecule has 0 radical (unpaired) electrons. The van der Waals surface area contributed by atoms with E-state index >= 15 is 0 Å². The molecule has 0 aromatic heterocycles. The van der Waals surface area contributed by atoms with E-state index in [0.29, 0.717) is 18.7 Å². The van der Waals surface area contributed by atoms with E-state index in [4.69, 9.17) is 5.73 Å². The van der Waals surface area contributed by atoms with E-state index < -0.39 is 6.10 Å². The summed E-state index contributed by atoms with van der Waals surface area (Å²) in [5.41, 5.74) is 8.38. The molecule has 0 spiro atoms. The number of nitrogens with zero attached hydrogens (tertiary/aromatic N) is 1. The predicted octanol–water partition coefficient (Wildman–Crippen LogP) is 2.57. The highest BCUT2D eigenvalue weighted by atomic mass is 19.1. The monoisotopic (exact) mass is 274 g/mol. The zero-order valence-electron chi connectivity index (χ0n) is 11.5. The Hall–Kier alpha value is -1.91. The van der Waals surface area contributed by atoms with Crippen LogP contribution in [0.5, 0.6) is 0 Å². The molecule has 3 N–H and O–H groups in total. The van der Waals surface area contributed by atoms with Crippen LogP contribution in [0.25, 0.3) is 0 Å². The zero-order chi connectivity index (χ0) is 14.5. The zero-order valence-corrected chi connectivity index (χ0v) is 11.5. The van der Waals surface area contributed by atoms with Gasteiger partial charge >= 0.3 is 0 Å². The van der Waals surface area contributed by atoms with Crippen molar-refractivity contribution in [2.45, 2.75) is 12.6 Å². The Balaban J connectivity index is 1.96. The molecule has 1 atom stereocenters. The largest absolute Gasteiger partial charge is 0.398 e. The van der Waals surface area contributed by atoms with E-state index in [-0.39, 0.29) is 5.82 Å². The molecule has 0 aliphatic rings. The second-order valence-electron chi connectivity index (χ2n) is 4.96. The summed E-state index contributed by atoms with van der Waals surface area (Å²) in [6, 6.07) is 13.6. The first kappa shape index (κ1) is 14.5. The second-order valence-corrected chi connectivity index (χ2v) is 4.96. The molecule has 20 heavy (non-hydrogen) atoms. The molecule has 3 nitrogen and oxygen atoms in total. The van der Waals surface area contributed by atoms with Gasteiger partial charge in [-0.05, 0) is 36.4 Å². The van der Waals surface area contributed by atoms with Crippen LogP contribution in [0.3, 0.4) is 0 Å². The summed E-state index contributed by atoms with van der Waals surface area (Å²) >= 11 is 0. The van der Waals surface area contributed by atoms with Gasteiger partial charge in [0.2, 0.25) is 0 Å². The van der Waals surface area contributed by atoms with Crippen molar-refractivity contribution in [3.63, 3.8) is 0 Å². The van der Waals surface area contributed by atoms with Crippen LogP contribution in [0, 0.1) is 5.82 Å². The SMILES string of the molecule is CN(Cc1ccccc1N)C[C@@H](O)c1ccc(F)cc1. The van der Waals surface area contributed by atoms with Crippen LogP contribution in [0.4, 0.5) is 10.1 Å². The third-order valence-corrected chi connectivity index (χ3v) is 3.23. The van der Waals surface area contributed by atoms with E-state index in [0.717, 1.165) is 11.3 Å². The van der Waals surface area contributed by atoms with Crippen LogP contribution >= 0.6 is 0 Å². The van der Waals surface area contributed by atoms with Crippen molar-refractivity contribution in [2.24, 2.45) is 0 Å². The smallest absolute Gasteiger partial charge is 0.123 e. The fourth-order valence-electron chi connectivity index (χ4n) is 2.12. The molecule has 2 rings (SSSR count). The highest BCUT2D eigenvalue weighted by Crippen LogP contribution is 2.17. The quantitative estimate of drug-likeness (QED) is 0.824. The number of para-hydroxylation sites is 1. The number of rotatable bonds is 5. The van der Waals surface area contributed by atoms with E-state index in [1.807, 2.05) is 36.2 Å². The maximum absolute atomic E-state index is 12.8. The van der Waals surface area contributed by atoms with Crippen LogP contribution in [-0.2, 0) is 6.54 Å². The van der Waals surface area contributed by atoms with Crippen molar-refractivity contribution in [3.05, 3.63) is 65.5 Å². The van der Waals surface area contributed by atoms with E-state index in [1.165, 1.54) is 12.1 Å². The summed E-state index contributed by atoms with van der Waals surface area (Å²) in [5, 5.41) is 10.1. The minimum atomic E-state index is -0.648. The molecule has 0 aliphatic heterocycles. The van der Waals surface area contributed by atoms with Crippen LogP contribution in [0.1, 0.15) is 17.2 Å². The summed E-state index contributed by atoms with van der Waals surface area (Å²) in [6.07, 6.45) is -0.648. The first-order valence-corrected chi connectivity index (χ1v) is 6.51. The Morgan fingerprint density at radius 3 is 2.45 bits per heavy atom. The van der Waals surface area contributed by atoms with Gasteiger partial charge in [0, 0.05) is 18.8 Å². The molecule has 0 saturated heterocycles. The van der Waals surface area contributed by atoms with Crippen LogP contribution in [0.2, 0.25) is 0 Å². The fraction of sp³-hybridized carbons (Fsp3) is 0.250. The third kappa shape index (κ3) is 3.79. The summed E-state index contributed by atoms with van der Waals surface area (Å²) in [7, 11) is 1.92. The molecule has 0 aliphatic carbocycles. The molecule has 106 valence electrons. The lowest BCUT2D eigenvalue weighted by Gasteiger charge is -2.21. The molecule has 4 heteroatoms. The van der Waals surface area contributed by atoms with Crippen LogP contribution in [-0.4, -0.2) is 23.6 Å². The number of nitrogens with two attached hydrogens (primary N) is 1. The number of hydrogen-bond donors (Lipinski definition) is 2. The molecule has 2 aromatic carbocycles. The second kappa shape index (κ2) is 6.50. The first-order chi connectivity index (χ1) is 9.56. The molecule has 0 unspecified atom stereocenters. The number of nitrogen functional groups attached to an aromatic ring is 1. The fourth-order valence-corrected chi connectivity index (χ4v) is 2.12. The number of aliphatic hydroxyl groups excluding tert-OH is 1. The van der Waals surface area contributed by atoms with Gasteiger partial charge in [0.1, 0.15) is 5.82 Å². The molecule has 2 aromatic rings. The molecule has 0 saturated carbocycles. The minimum Gasteiger partial charge on any atom is -0.398 e. The Labute approximate surface area is 118 Å². The summed E-state index contributed by atoms with van der Waals surface area (Å²) in [5.74, 6) is -0.300. The van der Waals surface area contributed by atoms with Gasteiger partial charge in [0.05, 0.1) is 6.10 Å². The number of benzene rings is 2. The summed E-state index contributed by atoms with van der Waals surface area (Å²) in [6.45, 7) is 1.12. The number of hydrogen-bond acceptors (Lipinski definition) is 3. The standard InChI is InChI=1S/C16H19FN2O/c1-19(10-13-4-2-3-5-15(13)18)11-16(20)12-6-8-14(17)9-7-12/h2-9,16,20H,10-11,18H2,1H3/t16-/m1/s1. The van der Waals surface area contributed by atoms with Crippen molar-refractivity contribution in [1.82, 2.24) is 4.90 Å². The minimum absolute atomic E-state index is 0.300. The van der Waals surface area contributed by atoms with Gasteiger partial charge < -0.3 is 10.8 Å². The topological polar surface area (TPSA) is 49.5 Å². The molecular weight excluding hydrogens is 255 g/mol. The van der Waals surface area contributed by atoms with Gasteiger partial charge in [0.15, 0.2) is 0 Å². The van der Waals surface area contributed by atoms with Gasteiger partial charge in [-0.1, -0.05) is 30.3 Å². The molecule has 0 bridgehead atoms. The highest BCUT2D eigenvalue weighted by molar-refractivity contribution is 5.46. The van der Waals surface area contributed by atoms with E-state index in [9.17, 15) is 9.50 Å². The number of likely N-dealkylation sites (N-methyl/N-ethyl adjacent to an activating group) is 1. The Bertz CT molecular complexity index is 557. The Morgan fingerprint density at radius 1 is 1.15 bits per heavy atom. The van der Waals surface area contributed by atoms with Crippen molar-refractivity contribution in [3.8, 4) is 0 Å². The number of halogens is 1. The summed E-state index contributed by atoms with van der Waals surface area (Å²) in [4.78, 5) is 1.99. The normalized spacial score (nSPS) is 12.6. The lowest BCUT2D eigenvalue weighted by Crippen LogP contribution is -2.24. The first-order valence-electron chi connectivity index (χ1n) is 6.51. The Kier molecular flexibility index (Phi) is 4.71. The lowest BCUT2D eigenvalue weighted by atomic mass is 10.1. The van der Waals surface area contributed by atoms with E-state index in [2.05, 4.69) is 0 Å². The lowest BCUT2D eigenvalue weighted by molar-refractivity contribution is 0.124. The van der Waals surface area contributed by atoms with E-state index in [1.54, 1.807) is 12.1 Å². The van der Waals surface area contributed by atoms with Crippen molar-refractivity contribution < 1.29 is 9.50 Å². The van der Waals surface area contributed by atoms with Gasteiger partial charge in [-0.2, -0.15) is 0 Å². The maximum atomic E-state index is 12.8. The molecule has 0 amide bonds. The van der Waals surface area contributed by atoms with Crippen molar-refractivity contribution in [2.75, 3.05) is 19.3 Å². The molecular formula is C16H19FN2O. The van der Waals surface area contributed by atoms with Gasteiger partial charge in [-0.15, -0.1) is 0 Å². The average molecular weight is 274 g/mol.